The smallest absolute Gasteiger partial charge is 0.363 e. The van der Waals surface area contributed by atoms with Gasteiger partial charge in [-0.15, -0.1) is 0 Å². The van der Waals surface area contributed by atoms with Crippen molar-refractivity contribution in [1.82, 2.24) is 0 Å². The summed E-state index contributed by atoms with van der Waals surface area (Å²) in [6, 6.07) is 0. The van der Waals surface area contributed by atoms with Gasteiger partial charge in [-0.2, -0.15) is 0 Å². The van der Waals surface area contributed by atoms with Crippen molar-refractivity contribution in [3.8, 4) is 0 Å². The second kappa shape index (κ2) is 3.71. The molecule has 0 unspecified atom stereocenters. The summed E-state index contributed by atoms with van der Waals surface area (Å²) in [4.78, 5) is 25.6. The summed E-state index contributed by atoms with van der Waals surface area (Å²) in [7, 11) is 0.894. The minimum atomic E-state index is -3.51. The van der Waals surface area contributed by atoms with Gasteiger partial charge in [0, 0.05) is 7.11 Å². The van der Waals surface area contributed by atoms with Gasteiger partial charge in [0.25, 0.3) is 6.61 Å². The van der Waals surface area contributed by atoms with E-state index in [1.54, 1.807) is 0 Å². The largest absolute Gasteiger partial charge is 0.723 e. The molecule has 0 aromatic rings. The van der Waals surface area contributed by atoms with Crippen LogP contribution in [0.25, 0.3) is 0 Å². The summed E-state index contributed by atoms with van der Waals surface area (Å²) in [5.41, 5.74) is 0. The maximum absolute atomic E-state index is 10.1. The first-order valence-electron chi connectivity index (χ1n) is 2.82. The molecule has 0 aliphatic heterocycles. The van der Waals surface area contributed by atoms with Crippen LogP contribution >= 0.6 is 0 Å². The highest BCUT2D eigenvalue weighted by molar-refractivity contribution is 4.50. The van der Waals surface area contributed by atoms with Crippen molar-refractivity contribution in [2.75, 3.05) is 13.7 Å². The van der Waals surface area contributed by atoms with Gasteiger partial charge in [0.15, 0.2) is 14.8 Å². The lowest BCUT2D eigenvalue weighted by atomic mass is 10.4. The molecular formula is C3H5N3O7. The van der Waals surface area contributed by atoms with Crippen LogP contribution in [0.15, 0.2) is 0 Å². The minimum Gasteiger partial charge on any atom is -0.363 e. The van der Waals surface area contributed by atoms with E-state index in [2.05, 4.69) is 4.74 Å². The van der Waals surface area contributed by atoms with Crippen molar-refractivity contribution in [2.45, 2.75) is 5.79 Å². The van der Waals surface area contributed by atoms with E-state index < -0.39 is 27.2 Å². The standard InChI is InChI=1S/C3H5N3O7/c1-13-2-3(4(7)8,5(9)10)6(11)12/h2H2,1H3. The van der Waals surface area contributed by atoms with Crippen LogP contribution in [0.5, 0.6) is 0 Å². The summed E-state index contributed by atoms with van der Waals surface area (Å²) in [5, 5.41) is 30.4. The van der Waals surface area contributed by atoms with Gasteiger partial charge in [0.1, 0.15) is 0 Å². The van der Waals surface area contributed by atoms with E-state index in [0.717, 1.165) is 7.11 Å². The SMILES string of the molecule is COCC([N+](=O)[O-])([N+](=O)[O-])[N+](=O)[O-]. The fourth-order valence-electron chi connectivity index (χ4n) is 0.552. The van der Waals surface area contributed by atoms with Gasteiger partial charge < -0.3 is 4.74 Å². The molecule has 0 radical (unpaired) electrons. The van der Waals surface area contributed by atoms with E-state index >= 15 is 0 Å². The minimum absolute atomic E-state index is 0.894. The summed E-state index contributed by atoms with van der Waals surface area (Å²) in [5.74, 6) is -3.51. The Morgan fingerprint density at radius 2 is 1.38 bits per heavy atom. The van der Waals surface area contributed by atoms with E-state index in [1.165, 1.54) is 0 Å². The Labute approximate surface area is 70.5 Å². The van der Waals surface area contributed by atoms with Crippen LogP contribution in [-0.2, 0) is 4.74 Å². The van der Waals surface area contributed by atoms with Gasteiger partial charge in [-0.05, 0) is 0 Å². The fraction of sp³-hybridized carbons (Fsp3) is 1.00. The third-order valence-electron chi connectivity index (χ3n) is 1.22. The van der Waals surface area contributed by atoms with Gasteiger partial charge in [0.2, 0.25) is 0 Å². The van der Waals surface area contributed by atoms with Crippen LogP contribution in [0.3, 0.4) is 0 Å². The average molecular weight is 195 g/mol. The molecule has 13 heavy (non-hydrogen) atoms. The first-order valence-corrected chi connectivity index (χ1v) is 2.82. The van der Waals surface area contributed by atoms with Crippen LogP contribution in [0.1, 0.15) is 0 Å². The molecule has 0 fully saturated rings. The molecule has 0 bridgehead atoms. The summed E-state index contributed by atoms with van der Waals surface area (Å²) >= 11 is 0. The highest BCUT2D eigenvalue weighted by atomic mass is 16.7. The van der Waals surface area contributed by atoms with Gasteiger partial charge in [-0.3, -0.25) is 30.3 Å². The van der Waals surface area contributed by atoms with E-state index in [4.69, 9.17) is 0 Å². The Morgan fingerprint density at radius 3 is 1.46 bits per heavy atom. The zero-order valence-electron chi connectivity index (χ0n) is 6.41. The molecule has 0 saturated heterocycles. The number of rotatable bonds is 5. The third kappa shape index (κ3) is 1.66. The molecule has 0 heterocycles. The number of nitrogens with zero attached hydrogens (tertiary/aromatic N) is 3. The fourth-order valence-corrected chi connectivity index (χ4v) is 0.552. The predicted octanol–water partition coefficient (Wildman–Crippen LogP) is -0.883. The Morgan fingerprint density at radius 1 is 1.08 bits per heavy atom. The Hall–Kier alpha value is -1.84. The van der Waals surface area contributed by atoms with Gasteiger partial charge in [-0.25, -0.2) is 0 Å². The van der Waals surface area contributed by atoms with E-state index in [-0.39, 0.29) is 0 Å². The molecule has 0 aromatic carbocycles. The molecule has 10 nitrogen and oxygen atoms in total. The molecule has 0 aliphatic carbocycles. The quantitative estimate of drug-likeness (QED) is 0.315. The normalized spacial score (nSPS) is 10.8. The van der Waals surface area contributed by atoms with Gasteiger partial charge in [-0.1, -0.05) is 0 Å². The van der Waals surface area contributed by atoms with E-state index in [0.29, 0.717) is 0 Å². The Balaban J connectivity index is 5.18. The number of nitro groups is 3. The maximum Gasteiger partial charge on any atom is 0.723 e. The molecular weight excluding hydrogens is 190 g/mol. The number of hydrogen-bond acceptors (Lipinski definition) is 7. The van der Waals surface area contributed by atoms with Crippen LogP contribution in [0, 0.1) is 30.3 Å². The molecule has 74 valence electrons. The highest BCUT2D eigenvalue weighted by Gasteiger charge is 2.70. The maximum atomic E-state index is 10.1. The molecule has 0 amide bonds. The van der Waals surface area contributed by atoms with Crippen molar-refractivity contribution in [3.63, 3.8) is 0 Å². The zero-order chi connectivity index (χ0) is 10.6. The zero-order valence-corrected chi connectivity index (χ0v) is 6.41. The second-order valence-electron chi connectivity index (χ2n) is 1.98. The second-order valence-corrected chi connectivity index (χ2v) is 1.98. The summed E-state index contributed by atoms with van der Waals surface area (Å²) in [6.45, 7) is -1.22. The molecule has 0 aromatic heterocycles. The third-order valence-corrected chi connectivity index (χ3v) is 1.22. The van der Waals surface area contributed by atoms with Crippen molar-refractivity contribution in [1.29, 1.82) is 0 Å². The molecule has 0 rings (SSSR count). The lowest BCUT2D eigenvalue weighted by Crippen LogP contribution is -2.56. The average Bonchev–Trinajstić information content (AvgIpc) is 1.97. The van der Waals surface area contributed by atoms with Crippen LogP contribution in [0.2, 0.25) is 0 Å². The number of hydrogen-bond donors (Lipinski definition) is 0. The lowest BCUT2D eigenvalue weighted by Gasteiger charge is -2.06. The van der Waals surface area contributed by atoms with E-state index in [9.17, 15) is 30.3 Å². The molecule has 0 atom stereocenters. The van der Waals surface area contributed by atoms with Crippen molar-refractivity contribution in [2.24, 2.45) is 0 Å². The summed E-state index contributed by atoms with van der Waals surface area (Å²) < 4.78 is 4.07. The molecule has 0 spiro atoms. The highest BCUT2D eigenvalue weighted by Crippen LogP contribution is 2.11. The molecule has 10 heteroatoms. The van der Waals surface area contributed by atoms with Crippen LogP contribution < -0.4 is 0 Å². The van der Waals surface area contributed by atoms with Crippen LogP contribution in [-0.4, -0.2) is 34.3 Å². The topological polar surface area (TPSA) is 139 Å². The molecule has 0 aliphatic rings. The predicted molar refractivity (Wildman–Crippen MR) is 35.6 cm³/mol. The Bertz CT molecular complexity index is 213. The number of ether oxygens (including phenoxy) is 1. The van der Waals surface area contributed by atoms with E-state index in [1.807, 2.05) is 0 Å². The van der Waals surface area contributed by atoms with Crippen LogP contribution in [0.4, 0.5) is 0 Å². The van der Waals surface area contributed by atoms with Gasteiger partial charge in [0.05, 0.1) is 0 Å². The molecule has 0 saturated carbocycles. The monoisotopic (exact) mass is 195 g/mol. The summed E-state index contributed by atoms with van der Waals surface area (Å²) in [6.07, 6.45) is 0. The molecule has 0 N–H and O–H groups in total. The lowest BCUT2D eigenvalue weighted by molar-refractivity contribution is -0.970. The van der Waals surface area contributed by atoms with Crippen molar-refractivity contribution < 1.29 is 19.5 Å². The van der Waals surface area contributed by atoms with Crippen molar-refractivity contribution in [3.05, 3.63) is 30.3 Å². The first kappa shape index (κ1) is 11.2. The first-order chi connectivity index (χ1) is 5.89. The Kier molecular flexibility index (Phi) is 3.18. The van der Waals surface area contributed by atoms with Crippen molar-refractivity contribution >= 4 is 0 Å². The number of methoxy groups -OCH3 is 1. The van der Waals surface area contributed by atoms with Gasteiger partial charge >= 0.3 is 5.79 Å².